The van der Waals surface area contributed by atoms with Gasteiger partial charge in [0.1, 0.15) is 0 Å². The minimum Gasteiger partial charge on any atom is -0.328 e. The van der Waals surface area contributed by atoms with Crippen molar-refractivity contribution in [3.63, 3.8) is 0 Å². The number of aromatic nitrogens is 1. The first-order valence-corrected chi connectivity index (χ1v) is 7.61. The number of piperidine rings is 1. The topological polar surface area (TPSA) is 76.3 Å². The minimum absolute atomic E-state index is 0. The Bertz CT molecular complexity index is 486. The average molecular weight is 357 g/mol. The average Bonchev–Trinajstić information content (AvgIpc) is 2.30. The van der Waals surface area contributed by atoms with Gasteiger partial charge in [-0.25, -0.2) is 13.4 Å². The summed E-state index contributed by atoms with van der Waals surface area (Å²) < 4.78 is 26.6. The lowest BCUT2D eigenvalue weighted by Crippen LogP contribution is -2.42. The molecular weight excluding hydrogens is 342 g/mol. The van der Waals surface area contributed by atoms with Crippen molar-refractivity contribution in [1.29, 1.82) is 0 Å². The molecule has 0 spiro atoms. The Morgan fingerprint density at radius 1 is 1.33 bits per heavy atom. The molecule has 0 amide bonds. The summed E-state index contributed by atoms with van der Waals surface area (Å²) in [4.78, 5) is 3.94. The summed E-state index contributed by atoms with van der Waals surface area (Å²) in [5.41, 5.74) is 5.76. The van der Waals surface area contributed by atoms with Crippen molar-refractivity contribution in [3.8, 4) is 0 Å². The van der Waals surface area contributed by atoms with Crippen LogP contribution in [-0.2, 0) is 10.0 Å². The summed E-state index contributed by atoms with van der Waals surface area (Å²) in [7, 11) is -3.46. The van der Waals surface area contributed by atoms with E-state index in [0.717, 1.165) is 4.47 Å². The summed E-state index contributed by atoms with van der Waals surface area (Å²) in [5.74, 6) is 0. The van der Waals surface area contributed by atoms with Crippen LogP contribution in [0.1, 0.15) is 12.8 Å². The number of nitrogens with zero attached hydrogens (tertiary/aromatic N) is 2. The molecule has 2 N–H and O–H groups in total. The Balaban J connectivity index is 0.00000162. The molecule has 0 aliphatic carbocycles. The van der Waals surface area contributed by atoms with E-state index in [1.54, 1.807) is 6.07 Å². The monoisotopic (exact) mass is 355 g/mol. The van der Waals surface area contributed by atoms with Gasteiger partial charge < -0.3 is 5.73 Å². The molecule has 1 aromatic rings. The van der Waals surface area contributed by atoms with E-state index >= 15 is 0 Å². The molecule has 1 saturated heterocycles. The van der Waals surface area contributed by atoms with Crippen molar-refractivity contribution in [3.05, 3.63) is 22.8 Å². The molecule has 5 nitrogen and oxygen atoms in total. The second-order valence-corrected chi connectivity index (χ2v) is 6.86. The first-order valence-electron chi connectivity index (χ1n) is 5.37. The van der Waals surface area contributed by atoms with Crippen LogP contribution < -0.4 is 5.73 Å². The van der Waals surface area contributed by atoms with Gasteiger partial charge in [0, 0.05) is 29.8 Å². The number of hydrogen-bond acceptors (Lipinski definition) is 4. The molecule has 0 aromatic carbocycles. The molecule has 0 bridgehead atoms. The molecular formula is C10H15BrClN3O2S. The van der Waals surface area contributed by atoms with Crippen molar-refractivity contribution >= 4 is 38.4 Å². The van der Waals surface area contributed by atoms with Crippen molar-refractivity contribution < 1.29 is 8.42 Å². The summed E-state index contributed by atoms with van der Waals surface area (Å²) >= 11 is 3.23. The lowest BCUT2D eigenvalue weighted by Gasteiger charge is -2.28. The summed E-state index contributed by atoms with van der Waals surface area (Å²) in [6, 6.07) is 3.29. The quantitative estimate of drug-likeness (QED) is 0.868. The van der Waals surface area contributed by atoms with Crippen LogP contribution in [0.2, 0.25) is 0 Å². The van der Waals surface area contributed by atoms with Crippen LogP contribution in [0.5, 0.6) is 0 Å². The third-order valence-corrected chi connectivity index (χ3v) is 5.09. The zero-order chi connectivity index (χ0) is 12.5. The van der Waals surface area contributed by atoms with E-state index in [-0.39, 0.29) is 23.5 Å². The third-order valence-electron chi connectivity index (χ3n) is 2.80. The molecule has 2 rings (SSSR count). The van der Waals surface area contributed by atoms with Gasteiger partial charge in [-0.15, -0.1) is 12.4 Å². The molecule has 1 aliphatic rings. The third kappa shape index (κ3) is 3.42. The number of hydrogen-bond donors (Lipinski definition) is 1. The van der Waals surface area contributed by atoms with E-state index in [1.165, 1.54) is 16.6 Å². The van der Waals surface area contributed by atoms with Crippen LogP contribution >= 0.6 is 28.3 Å². The maximum atomic E-state index is 12.2. The second kappa shape index (κ2) is 6.29. The maximum Gasteiger partial charge on any atom is 0.260 e. The maximum absolute atomic E-state index is 12.2. The zero-order valence-electron chi connectivity index (χ0n) is 9.62. The molecule has 0 saturated carbocycles. The van der Waals surface area contributed by atoms with Crippen molar-refractivity contribution in [1.82, 2.24) is 9.29 Å². The Morgan fingerprint density at radius 3 is 2.44 bits per heavy atom. The Morgan fingerprint density at radius 2 is 1.94 bits per heavy atom. The number of pyridine rings is 1. The fourth-order valence-electron chi connectivity index (χ4n) is 1.76. The fraction of sp³-hybridized carbons (Fsp3) is 0.500. The van der Waals surface area contributed by atoms with Gasteiger partial charge >= 0.3 is 0 Å². The zero-order valence-corrected chi connectivity index (χ0v) is 12.8. The van der Waals surface area contributed by atoms with Crippen LogP contribution in [0.4, 0.5) is 0 Å². The van der Waals surface area contributed by atoms with E-state index in [1.807, 2.05) is 0 Å². The first kappa shape index (κ1) is 15.8. The lowest BCUT2D eigenvalue weighted by atomic mass is 10.1. The summed E-state index contributed by atoms with van der Waals surface area (Å²) in [5, 5.41) is 0.0937. The van der Waals surface area contributed by atoms with Gasteiger partial charge in [0.2, 0.25) is 0 Å². The van der Waals surface area contributed by atoms with Gasteiger partial charge in [-0.2, -0.15) is 4.31 Å². The molecule has 18 heavy (non-hydrogen) atoms. The van der Waals surface area contributed by atoms with Gasteiger partial charge in [0.25, 0.3) is 10.0 Å². The van der Waals surface area contributed by atoms with Gasteiger partial charge in [-0.1, -0.05) is 0 Å². The molecule has 0 radical (unpaired) electrons. The van der Waals surface area contributed by atoms with Gasteiger partial charge in [-0.3, -0.25) is 0 Å². The van der Waals surface area contributed by atoms with Crippen molar-refractivity contribution in [2.24, 2.45) is 5.73 Å². The first-order chi connectivity index (χ1) is 8.00. The Labute approximate surface area is 121 Å². The van der Waals surface area contributed by atoms with E-state index in [9.17, 15) is 8.42 Å². The largest absolute Gasteiger partial charge is 0.328 e. The molecule has 1 fully saturated rings. The molecule has 1 aromatic heterocycles. The number of halogens is 2. The Kier molecular flexibility index (Phi) is 5.54. The molecule has 1 aliphatic heterocycles. The van der Waals surface area contributed by atoms with Gasteiger partial charge in [-0.05, 0) is 40.9 Å². The smallest absolute Gasteiger partial charge is 0.260 e. The van der Waals surface area contributed by atoms with E-state index in [2.05, 4.69) is 20.9 Å². The van der Waals surface area contributed by atoms with Crippen LogP contribution in [0, 0.1) is 0 Å². The van der Waals surface area contributed by atoms with Crippen molar-refractivity contribution in [2.45, 2.75) is 23.9 Å². The van der Waals surface area contributed by atoms with E-state index < -0.39 is 10.0 Å². The Hall–Kier alpha value is -0.210. The number of nitrogens with two attached hydrogens (primary N) is 1. The van der Waals surface area contributed by atoms with E-state index in [0.29, 0.717) is 25.9 Å². The minimum atomic E-state index is -3.46. The highest BCUT2D eigenvalue weighted by molar-refractivity contribution is 9.10. The van der Waals surface area contributed by atoms with Crippen LogP contribution in [-0.4, -0.2) is 36.8 Å². The van der Waals surface area contributed by atoms with Crippen LogP contribution in [0.25, 0.3) is 0 Å². The summed E-state index contributed by atoms with van der Waals surface area (Å²) in [6.07, 6.45) is 2.90. The van der Waals surface area contributed by atoms with Crippen LogP contribution in [0.3, 0.4) is 0 Å². The summed E-state index contributed by atoms with van der Waals surface area (Å²) in [6.45, 7) is 0.947. The SMILES string of the molecule is Cl.NC1CCN(S(=O)(=O)c2ccc(Br)cn2)CC1. The highest BCUT2D eigenvalue weighted by atomic mass is 79.9. The highest BCUT2D eigenvalue weighted by Crippen LogP contribution is 2.19. The molecule has 2 heterocycles. The van der Waals surface area contributed by atoms with Crippen LogP contribution in [0.15, 0.2) is 27.8 Å². The second-order valence-electron chi connectivity index (χ2n) is 4.06. The fourth-order valence-corrected chi connectivity index (χ4v) is 3.38. The lowest BCUT2D eigenvalue weighted by molar-refractivity contribution is 0.319. The molecule has 102 valence electrons. The van der Waals surface area contributed by atoms with Gasteiger partial charge in [0.15, 0.2) is 5.03 Å². The molecule has 0 atom stereocenters. The predicted molar refractivity (Wildman–Crippen MR) is 75.2 cm³/mol. The van der Waals surface area contributed by atoms with E-state index in [4.69, 9.17) is 5.73 Å². The normalized spacial score (nSPS) is 18.3. The highest BCUT2D eigenvalue weighted by Gasteiger charge is 2.28. The predicted octanol–water partition coefficient (Wildman–Crippen LogP) is 1.38. The number of rotatable bonds is 2. The number of sulfonamides is 1. The molecule has 8 heteroatoms. The standard InChI is InChI=1S/C10H14BrN3O2S.ClH/c11-8-1-2-10(13-7-8)17(15,16)14-5-3-9(12)4-6-14;/h1-2,7,9H,3-6,12H2;1H. The molecule has 0 unspecified atom stereocenters. The van der Waals surface area contributed by atoms with Crippen molar-refractivity contribution in [2.75, 3.05) is 13.1 Å². The van der Waals surface area contributed by atoms with Gasteiger partial charge in [0.05, 0.1) is 0 Å².